The predicted octanol–water partition coefficient (Wildman–Crippen LogP) is 3.26. The molecular formula is C25H42IN5O2. The Kier molecular flexibility index (Phi) is 10.5. The van der Waals surface area contributed by atoms with Crippen molar-refractivity contribution in [2.24, 2.45) is 4.99 Å². The van der Waals surface area contributed by atoms with Gasteiger partial charge in [-0.25, -0.2) is 0 Å². The lowest BCUT2D eigenvalue weighted by molar-refractivity contribution is -0.0164. The van der Waals surface area contributed by atoms with Crippen molar-refractivity contribution in [2.45, 2.75) is 50.1 Å². The fraction of sp³-hybridized carbons (Fsp3) is 0.720. The lowest BCUT2D eigenvalue weighted by Gasteiger charge is -2.45. The maximum absolute atomic E-state index is 5.71. The topological polar surface area (TPSA) is 61.4 Å². The third kappa shape index (κ3) is 6.52. The smallest absolute Gasteiger partial charge is 0.191 e. The number of rotatable bonds is 8. The Hall–Kier alpha value is -1.10. The van der Waals surface area contributed by atoms with Gasteiger partial charge in [-0.2, -0.15) is 0 Å². The van der Waals surface area contributed by atoms with E-state index in [1.807, 2.05) is 13.1 Å². The van der Waals surface area contributed by atoms with Crippen molar-refractivity contribution in [3.05, 3.63) is 29.8 Å². The SMILES string of the molecule is CN=C(NCC(c1ccccc1OC)N1CCCC1)NCC1(N2CCCC2)CCOCC1.I. The number of para-hydroxylation sites is 1. The van der Waals surface area contributed by atoms with Crippen LogP contribution < -0.4 is 15.4 Å². The maximum atomic E-state index is 5.71. The molecule has 1 atom stereocenters. The second-order valence-corrected chi connectivity index (χ2v) is 9.34. The zero-order valence-electron chi connectivity index (χ0n) is 20.4. The van der Waals surface area contributed by atoms with Crippen LogP contribution in [0.15, 0.2) is 29.3 Å². The van der Waals surface area contributed by atoms with E-state index in [1.54, 1.807) is 7.11 Å². The average molecular weight is 572 g/mol. The van der Waals surface area contributed by atoms with E-state index in [2.05, 4.69) is 43.6 Å². The van der Waals surface area contributed by atoms with Crippen LogP contribution in [0.5, 0.6) is 5.75 Å². The highest BCUT2D eigenvalue weighted by molar-refractivity contribution is 14.0. The Morgan fingerprint density at radius 3 is 2.39 bits per heavy atom. The molecule has 0 aliphatic carbocycles. The van der Waals surface area contributed by atoms with Crippen molar-refractivity contribution in [2.75, 3.05) is 66.6 Å². The number of benzene rings is 1. The van der Waals surface area contributed by atoms with Gasteiger partial charge in [-0.3, -0.25) is 14.8 Å². The van der Waals surface area contributed by atoms with E-state index in [0.717, 1.165) is 63.9 Å². The van der Waals surface area contributed by atoms with Crippen molar-refractivity contribution in [1.29, 1.82) is 0 Å². The summed E-state index contributed by atoms with van der Waals surface area (Å²) in [5, 5.41) is 7.31. The van der Waals surface area contributed by atoms with Crippen molar-refractivity contribution in [3.63, 3.8) is 0 Å². The highest BCUT2D eigenvalue weighted by Crippen LogP contribution is 2.32. The molecule has 0 bridgehead atoms. The second kappa shape index (κ2) is 13.1. The van der Waals surface area contributed by atoms with E-state index in [4.69, 9.17) is 9.47 Å². The van der Waals surface area contributed by atoms with Gasteiger partial charge in [0.25, 0.3) is 0 Å². The third-order valence-electron chi connectivity index (χ3n) is 7.55. The summed E-state index contributed by atoms with van der Waals surface area (Å²) < 4.78 is 11.4. The fourth-order valence-corrected chi connectivity index (χ4v) is 5.64. The Balaban J connectivity index is 0.00000306. The van der Waals surface area contributed by atoms with Crippen LogP contribution in [-0.2, 0) is 4.74 Å². The summed E-state index contributed by atoms with van der Waals surface area (Å²) >= 11 is 0. The molecule has 3 heterocycles. The number of guanidine groups is 1. The molecule has 7 nitrogen and oxygen atoms in total. The van der Waals surface area contributed by atoms with Crippen LogP contribution in [0, 0.1) is 0 Å². The minimum atomic E-state index is 0. The van der Waals surface area contributed by atoms with Crippen LogP contribution in [0.2, 0.25) is 0 Å². The molecule has 1 aromatic carbocycles. The maximum Gasteiger partial charge on any atom is 0.191 e. The van der Waals surface area contributed by atoms with E-state index in [0.29, 0.717) is 0 Å². The average Bonchev–Trinajstić information content (AvgIpc) is 3.57. The Morgan fingerprint density at radius 1 is 1.06 bits per heavy atom. The van der Waals surface area contributed by atoms with E-state index >= 15 is 0 Å². The Bertz CT molecular complexity index is 744. The molecule has 1 aromatic rings. The van der Waals surface area contributed by atoms with Gasteiger partial charge in [0.05, 0.1) is 13.2 Å². The van der Waals surface area contributed by atoms with Gasteiger partial charge in [0.2, 0.25) is 0 Å². The summed E-state index contributed by atoms with van der Waals surface area (Å²) in [6.45, 7) is 8.11. The van der Waals surface area contributed by atoms with Crippen molar-refractivity contribution >= 4 is 29.9 Å². The molecule has 0 saturated carbocycles. The number of aliphatic imine (C=N–C) groups is 1. The van der Waals surface area contributed by atoms with Gasteiger partial charge in [-0.05, 0) is 70.8 Å². The number of ether oxygens (including phenoxy) is 2. The molecule has 3 saturated heterocycles. The van der Waals surface area contributed by atoms with Crippen molar-refractivity contribution in [3.8, 4) is 5.75 Å². The molecule has 8 heteroatoms. The standard InChI is InChI=1S/C25H41N5O2.HI/c1-26-24(28-20-25(11-17-32-18-12-25)30-15-7-8-16-30)27-19-22(29-13-5-6-14-29)21-9-3-4-10-23(21)31-2;/h3-4,9-10,22H,5-8,11-20H2,1-2H3,(H2,26,27,28);1H. The number of nitrogens with zero attached hydrogens (tertiary/aromatic N) is 3. The molecule has 33 heavy (non-hydrogen) atoms. The lowest BCUT2D eigenvalue weighted by Crippen LogP contribution is -2.58. The summed E-state index contributed by atoms with van der Waals surface area (Å²) in [5.74, 6) is 1.85. The minimum absolute atomic E-state index is 0. The summed E-state index contributed by atoms with van der Waals surface area (Å²) in [4.78, 5) is 9.82. The minimum Gasteiger partial charge on any atom is -0.496 e. The van der Waals surface area contributed by atoms with Gasteiger partial charge >= 0.3 is 0 Å². The van der Waals surface area contributed by atoms with Crippen LogP contribution in [0.1, 0.15) is 50.1 Å². The Labute approximate surface area is 216 Å². The molecule has 0 radical (unpaired) electrons. The van der Waals surface area contributed by atoms with Gasteiger partial charge < -0.3 is 20.1 Å². The van der Waals surface area contributed by atoms with Crippen LogP contribution in [-0.4, -0.2) is 87.9 Å². The number of hydrogen-bond acceptors (Lipinski definition) is 5. The summed E-state index contributed by atoms with van der Waals surface area (Å²) in [7, 11) is 3.63. The summed E-state index contributed by atoms with van der Waals surface area (Å²) in [5.41, 5.74) is 1.43. The molecular weight excluding hydrogens is 529 g/mol. The van der Waals surface area contributed by atoms with E-state index in [1.165, 1.54) is 44.3 Å². The first-order valence-corrected chi connectivity index (χ1v) is 12.4. The molecule has 1 unspecified atom stereocenters. The lowest BCUT2D eigenvalue weighted by atomic mass is 9.88. The van der Waals surface area contributed by atoms with Gasteiger partial charge in [-0.1, -0.05) is 18.2 Å². The van der Waals surface area contributed by atoms with Gasteiger partial charge in [0, 0.05) is 44.5 Å². The van der Waals surface area contributed by atoms with Crippen LogP contribution in [0.25, 0.3) is 0 Å². The molecule has 0 amide bonds. The molecule has 3 fully saturated rings. The van der Waals surface area contributed by atoms with Crippen LogP contribution >= 0.6 is 24.0 Å². The molecule has 0 spiro atoms. The summed E-state index contributed by atoms with van der Waals surface area (Å²) in [6.07, 6.45) is 7.33. The zero-order chi connectivity index (χ0) is 22.2. The first-order chi connectivity index (χ1) is 15.8. The van der Waals surface area contributed by atoms with Crippen molar-refractivity contribution in [1.82, 2.24) is 20.4 Å². The monoisotopic (exact) mass is 571 g/mol. The van der Waals surface area contributed by atoms with Crippen LogP contribution in [0.3, 0.4) is 0 Å². The number of halogens is 1. The van der Waals surface area contributed by atoms with Gasteiger partial charge in [-0.15, -0.1) is 24.0 Å². The number of hydrogen-bond donors (Lipinski definition) is 2. The largest absolute Gasteiger partial charge is 0.496 e. The highest BCUT2D eigenvalue weighted by atomic mass is 127. The molecule has 3 aliphatic heterocycles. The number of likely N-dealkylation sites (tertiary alicyclic amines) is 2. The Morgan fingerprint density at radius 2 is 1.73 bits per heavy atom. The van der Waals surface area contributed by atoms with Crippen molar-refractivity contribution < 1.29 is 9.47 Å². The van der Waals surface area contributed by atoms with E-state index in [-0.39, 0.29) is 35.6 Å². The normalized spacial score (nSPS) is 22.5. The second-order valence-electron chi connectivity index (χ2n) is 9.34. The van der Waals surface area contributed by atoms with Crippen LogP contribution in [0.4, 0.5) is 0 Å². The first kappa shape index (κ1) is 26.5. The predicted molar refractivity (Wildman–Crippen MR) is 145 cm³/mol. The van der Waals surface area contributed by atoms with Gasteiger partial charge in [0.1, 0.15) is 5.75 Å². The molecule has 4 rings (SSSR count). The number of methoxy groups -OCH3 is 1. The quantitative estimate of drug-likeness (QED) is 0.284. The summed E-state index contributed by atoms with van der Waals surface area (Å²) in [6, 6.07) is 8.69. The van der Waals surface area contributed by atoms with E-state index < -0.39 is 0 Å². The molecule has 3 aliphatic rings. The molecule has 186 valence electrons. The number of nitrogens with one attached hydrogen (secondary N) is 2. The zero-order valence-corrected chi connectivity index (χ0v) is 22.7. The fourth-order valence-electron chi connectivity index (χ4n) is 5.64. The van der Waals surface area contributed by atoms with E-state index in [9.17, 15) is 0 Å². The first-order valence-electron chi connectivity index (χ1n) is 12.4. The van der Waals surface area contributed by atoms with Gasteiger partial charge in [0.15, 0.2) is 5.96 Å². The third-order valence-corrected chi connectivity index (χ3v) is 7.55. The molecule has 0 aromatic heterocycles. The highest BCUT2D eigenvalue weighted by Gasteiger charge is 2.39. The molecule has 2 N–H and O–H groups in total.